The van der Waals surface area contributed by atoms with Crippen molar-refractivity contribution in [3.8, 4) is 5.75 Å². The summed E-state index contributed by atoms with van der Waals surface area (Å²) >= 11 is 0. The molecule has 3 N–H and O–H groups in total. The van der Waals surface area contributed by atoms with Crippen LogP contribution in [0.5, 0.6) is 5.75 Å². The largest absolute Gasteiger partial charge is 0.491 e. The van der Waals surface area contributed by atoms with Crippen LogP contribution in [-0.4, -0.2) is 35.5 Å². The fraction of sp³-hybridized carbons (Fsp3) is 0.273. The highest BCUT2D eigenvalue weighted by Gasteiger charge is 2.25. The molecule has 1 amide bonds. The lowest BCUT2D eigenvalue weighted by Gasteiger charge is -2.24. The molecule has 0 spiro atoms. The van der Waals surface area contributed by atoms with E-state index in [1.165, 1.54) is 6.08 Å². The third-order valence-electron chi connectivity index (χ3n) is 4.13. The predicted molar refractivity (Wildman–Crippen MR) is 109 cm³/mol. The van der Waals surface area contributed by atoms with Crippen molar-refractivity contribution in [3.63, 3.8) is 0 Å². The van der Waals surface area contributed by atoms with E-state index in [1.807, 2.05) is 19.1 Å². The van der Waals surface area contributed by atoms with Gasteiger partial charge in [0.2, 0.25) is 0 Å². The highest BCUT2D eigenvalue weighted by atomic mass is 16.6. The van der Waals surface area contributed by atoms with Crippen LogP contribution in [0.2, 0.25) is 0 Å². The fourth-order valence-corrected chi connectivity index (χ4v) is 2.69. The normalized spacial score (nSPS) is 12.9. The van der Waals surface area contributed by atoms with Crippen LogP contribution in [0.3, 0.4) is 0 Å². The predicted octanol–water partition coefficient (Wildman–Crippen LogP) is 3.93. The number of benzene rings is 2. The van der Waals surface area contributed by atoms with E-state index in [0.717, 1.165) is 11.6 Å². The number of aryl methyl sites for hydroxylation is 1. The number of para-hydroxylation sites is 1. The molecule has 7 heteroatoms. The van der Waals surface area contributed by atoms with Gasteiger partial charge < -0.3 is 19.7 Å². The number of aliphatic hydroxyl groups excluding tert-OH is 1. The van der Waals surface area contributed by atoms with Gasteiger partial charge in [-0.1, -0.05) is 48.9 Å². The van der Waals surface area contributed by atoms with E-state index in [9.17, 15) is 9.59 Å². The first kappa shape index (κ1) is 22.0. The third kappa shape index (κ3) is 6.97. The summed E-state index contributed by atoms with van der Waals surface area (Å²) in [4.78, 5) is 23.4. The summed E-state index contributed by atoms with van der Waals surface area (Å²) in [6.45, 7) is 3.60. The number of carbonyl (C=O) groups excluding carboxylic acids is 1. The fourth-order valence-electron chi connectivity index (χ4n) is 2.69. The molecule has 0 aliphatic heterocycles. The minimum atomic E-state index is -1.09. The number of ether oxygens (including phenoxy) is 2. The summed E-state index contributed by atoms with van der Waals surface area (Å²) < 4.78 is 11.2. The van der Waals surface area contributed by atoms with E-state index in [1.54, 1.807) is 43.3 Å². The van der Waals surface area contributed by atoms with Crippen molar-refractivity contribution < 1.29 is 29.3 Å². The van der Waals surface area contributed by atoms with E-state index < -0.39 is 24.1 Å². The average molecular weight is 399 g/mol. The molecule has 154 valence electrons. The molecule has 0 aliphatic rings. The van der Waals surface area contributed by atoms with Crippen LogP contribution in [0.1, 0.15) is 24.2 Å². The topological polar surface area (TPSA) is 105 Å². The van der Waals surface area contributed by atoms with Crippen LogP contribution in [0.25, 0.3) is 0 Å². The van der Waals surface area contributed by atoms with Crippen molar-refractivity contribution in [3.05, 3.63) is 71.8 Å². The van der Waals surface area contributed by atoms with Crippen molar-refractivity contribution in [2.24, 2.45) is 5.92 Å². The van der Waals surface area contributed by atoms with Gasteiger partial charge in [-0.2, -0.15) is 0 Å². The Balaban J connectivity index is 2.26. The second kappa shape index (κ2) is 10.9. The van der Waals surface area contributed by atoms with Crippen molar-refractivity contribution in [2.45, 2.75) is 20.0 Å². The maximum absolute atomic E-state index is 12.5. The quantitative estimate of drug-likeness (QED) is 0.552. The molecule has 2 aromatic rings. The summed E-state index contributed by atoms with van der Waals surface area (Å²) in [5.41, 5.74) is 2.21. The molecule has 29 heavy (non-hydrogen) atoms. The summed E-state index contributed by atoms with van der Waals surface area (Å²) in [5.74, 6) is -1.09. The number of aliphatic hydroxyl groups is 1. The third-order valence-corrected chi connectivity index (χ3v) is 4.13. The molecule has 0 unspecified atom stereocenters. The zero-order valence-corrected chi connectivity index (χ0v) is 16.4. The molecule has 0 fully saturated rings. The Morgan fingerprint density at radius 1 is 1.14 bits per heavy atom. The van der Waals surface area contributed by atoms with Crippen LogP contribution in [0.4, 0.5) is 10.5 Å². The molecule has 2 atom stereocenters. The molecule has 0 heterocycles. The maximum Gasteiger partial charge on any atom is 0.412 e. The molecule has 0 bridgehead atoms. The molecule has 2 aromatic carbocycles. The second-order valence-electron chi connectivity index (χ2n) is 6.48. The Kier molecular flexibility index (Phi) is 8.24. The van der Waals surface area contributed by atoms with E-state index in [2.05, 4.69) is 5.32 Å². The Labute approximate surface area is 169 Å². The lowest BCUT2D eigenvalue weighted by Crippen LogP contribution is -2.22. The Morgan fingerprint density at radius 3 is 2.48 bits per heavy atom. The van der Waals surface area contributed by atoms with E-state index >= 15 is 0 Å². The van der Waals surface area contributed by atoms with Gasteiger partial charge in [0.1, 0.15) is 18.5 Å². The van der Waals surface area contributed by atoms with Crippen LogP contribution in [-0.2, 0) is 9.53 Å². The average Bonchev–Trinajstić information content (AvgIpc) is 2.70. The van der Waals surface area contributed by atoms with Crippen molar-refractivity contribution in [1.82, 2.24) is 0 Å². The number of rotatable bonds is 9. The van der Waals surface area contributed by atoms with Crippen molar-refractivity contribution in [2.75, 3.05) is 18.5 Å². The van der Waals surface area contributed by atoms with Gasteiger partial charge in [-0.3, -0.25) is 5.32 Å². The minimum Gasteiger partial charge on any atom is -0.491 e. The van der Waals surface area contributed by atoms with Gasteiger partial charge in [0.05, 0.1) is 6.61 Å². The van der Waals surface area contributed by atoms with Gasteiger partial charge >= 0.3 is 12.1 Å². The molecular formula is C22H25NO6. The number of aliphatic carboxylic acids is 1. The number of carbonyl (C=O) groups is 2. The smallest absolute Gasteiger partial charge is 0.412 e. The molecule has 0 saturated carbocycles. The first-order valence-corrected chi connectivity index (χ1v) is 9.18. The standard InChI is InChI=1S/C22H25NO6/c1-15-7-10-17(11-8-15)23-22(27)29-21(16(2)9-12-20(25)26)18-5-3-4-6-19(18)28-14-13-24/h3-12,16,21,24H,13-14H2,1-2H3,(H,23,27)(H,25,26)/b12-9+/t16-,21+/m0/s1. The SMILES string of the molecule is Cc1ccc(NC(=O)O[C@@H](c2ccccc2OCCO)[C@@H](C)/C=C/C(=O)O)cc1. The van der Waals surface area contributed by atoms with Crippen molar-refractivity contribution >= 4 is 17.7 Å². The molecule has 0 aromatic heterocycles. The number of anilines is 1. The van der Waals surface area contributed by atoms with Crippen LogP contribution in [0, 0.1) is 12.8 Å². The van der Waals surface area contributed by atoms with E-state index in [-0.39, 0.29) is 13.2 Å². The lowest BCUT2D eigenvalue weighted by molar-refractivity contribution is -0.131. The van der Waals surface area contributed by atoms with E-state index in [4.69, 9.17) is 19.7 Å². The number of carboxylic acids is 1. The summed E-state index contributed by atoms with van der Waals surface area (Å²) in [6, 6.07) is 14.2. The second-order valence-corrected chi connectivity index (χ2v) is 6.48. The van der Waals surface area contributed by atoms with Crippen LogP contribution >= 0.6 is 0 Å². The number of hydrogen-bond acceptors (Lipinski definition) is 5. The monoisotopic (exact) mass is 399 g/mol. The van der Waals surface area contributed by atoms with Gasteiger partial charge in [-0.25, -0.2) is 9.59 Å². The van der Waals surface area contributed by atoms with Gasteiger partial charge in [0.25, 0.3) is 0 Å². The minimum absolute atomic E-state index is 0.0820. The lowest BCUT2D eigenvalue weighted by atomic mass is 9.96. The van der Waals surface area contributed by atoms with Gasteiger partial charge in [0.15, 0.2) is 0 Å². The number of hydrogen-bond donors (Lipinski definition) is 3. The Hall–Kier alpha value is -3.32. The number of carboxylic acid groups (broad SMARTS) is 1. The zero-order valence-electron chi connectivity index (χ0n) is 16.4. The first-order valence-electron chi connectivity index (χ1n) is 9.18. The molecule has 0 aliphatic carbocycles. The van der Waals surface area contributed by atoms with Crippen molar-refractivity contribution in [1.29, 1.82) is 0 Å². The Morgan fingerprint density at radius 2 is 1.83 bits per heavy atom. The molecule has 0 saturated heterocycles. The molecule has 0 radical (unpaired) electrons. The molecular weight excluding hydrogens is 374 g/mol. The zero-order chi connectivity index (χ0) is 21.2. The number of amides is 1. The van der Waals surface area contributed by atoms with Crippen LogP contribution in [0.15, 0.2) is 60.7 Å². The molecule has 2 rings (SSSR count). The highest BCUT2D eigenvalue weighted by molar-refractivity contribution is 5.84. The first-order chi connectivity index (χ1) is 13.9. The summed E-state index contributed by atoms with van der Waals surface area (Å²) in [7, 11) is 0. The van der Waals surface area contributed by atoms with Gasteiger partial charge in [0, 0.05) is 23.2 Å². The molecule has 7 nitrogen and oxygen atoms in total. The maximum atomic E-state index is 12.5. The summed E-state index contributed by atoms with van der Waals surface area (Å²) in [5, 5.41) is 20.6. The Bertz CT molecular complexity index is 847. The highest BCUT2D eigenvalue weighted by Crippen LogP contribution is 2.34. The summed E-state index contributed by atoms with van der Waals surface area (Å²) in [6.07, 6.45) is 0.989. The van der Waals surface area contributed by atoms with Crippen LogP contribution < -0.4 is 10.1 Å². The number of nitrogens with one attached hydrogen (secondary N) is 1. The van der Waals surface area contributed by atoms with E-state index in [0.29, 0.717) is 17.0 Å². The van der Waals surface area contributed by atoms with Gasteiger partial charge in [-0.15, -0.1) is 0 Å². The van der Waals surface area contributed by atoms with Gasteiger partial charge in [-0.05, 0) is 25.1 Å².